The van der Waals surface area contributed by atoms with E-state index in [-0.39, 0.29) is 5.82 Å². The third-order valence-electron chi connectivity index (χ3n) is 4.12. The van der Waals surface area contributed by atoms with E-state index < -0.39 is 0 Å². The molecule has 0 fully saturated rings. The first-order valence-electron chi connectivity index (χ1n) is 7.91. The first kappa shape index (κ1) is 14.5. The van der Waals surface area contributed by atoms with Gasteiger partial charge in [0.05, 0.1) is 5.69 Å². The van der Waals surface area contributed by atoms with Gasteiger partial charge >= 0.3 is 0 Å². The largest absolute Gasteiger partial charge is 0.354 e. The summed E-state index contributed by atoms with van der Waals surface area (Å²) in [6, 6.07) is 25.0. The second kappa shape index (κ2) is 6.17. The molecule has 4 aromatic rings. The quantitative estimate of drug-likeness (QED) is 0.467. The summed E-state index contributed by atoms with van der Waals surface area (Å²) < 4.78 is 13.3. The molecule has 1 N–H and O–H groups in total. The maximum atomic E-state index is 13.3. The molecular weight excluding hydrogens is 297 g/mol. The van der Waals surface area contributed by atoms with Gasteiger partial charge in [0, 0.05) is 16.5 Å². The number of benzene rings is 3. The van der Waals surface area contributed by atoms with Crippen LogP contribution in [0.3, 0.4) is 0 Å². The van der Waals surface area contributed by atoms with Crippen molar-refractivity contribution < 1.29 is 4.39 Å². The second-order valence-corrected chi connectivity index (χ2v) is 5.71. The van der Waals surface area contributed by atoms with Crippen molar-refractivity contribution in [3.8, 4) is 11.3 Å². The van der Waals surface area contributed by atoms with Crippen molar-refractivity contribution in [2.45, 2.75) is 0 Å². The minimum Gasteiger partial charge on any atom is -0.354 e. The molecule has 0 spiro atoms. The van der Waals surface area contributed by atoms with Gasteiger partial charge in [-0.3, -0.25) is 0 Å². The first-order chi connectivity index (χ1) is 11.8. The minimum absolute atomic E-state index is 0.226. The van der Waals surface area contributed by atoms with E-state index in [0.29, 0.717) is 0 Å². The molecule has 1 heterocycles. The standard InChI is InChI=1S/C22H16FN/c23-18-13-11-17(12-14-18)22-20(15-10-16-6-2-1-3-7-16)19-8-4-5-9-21(19)24-22/h1-15,24H/b15-10+. The van der Waals surface area contributed by atoms with Crippen molar-refractivity contribution in [3.63, 3.8) is 0 Å². The Kier molecular flexibility index (Phi) is 3.72. The van der Waals surface area contributed by atoms with E-state index >= 15 is 0 Å². The van der Waals surface area contributed by atoms with Crippen LogP contribution < -0.4 is 0 Å². The molecule has 0 aliphatic carbocycles. The number of aromatic amines is 1. The molecule has 0 aliphatic rings. The molecule has 2 heteroatoms. The molecule has 0 atom stereocenters. The molecule has 0 aliphatic heterocycles. The van der Waals surface area contributed by atoms with Crippen molar-refractivity contribution in [3.05, 3.63) is 95.8 Å². The van der Waals surface area contributed by atoms with E-state index in [1.165, 1.54) is 12.1 Å². The Morgan fingerprint density at radius 1 is 0.708 bits per heavy atom. The summed E-state index contributed by atoms with van der Waals surface area (Å²) >= 11 is 0. The van der Waals surface area contributed by atoms with Crippen molar-refractivity contribution in [2.75, 3.05) is 0 Å². The molecule has 1 nitrogen and oxygen atoms in total. The van der Waals surface area contributed by atoms with Crippen LogP contribution in [0.4, 0.5) is 4.39 Å². The van der Waals surface area contributed by atoms with E-state index in [9.17, 15) is 4.39 Å². The molecule has 0 bridgehead atoms. The zero-order valence-corrected chi connectivity index (χ0v) is 13.0. The van der Waals surface area contributed by atoms with Crippen LogP contribution in [-0.4, -0.2) is 4.98 Å². The predicted molar refractivity (Wildman–Crippen MR) is 99.1 cm³/mol. The van der Waals surface area contributed by atoms with Crippen LogP contribution >= 0.6 is 0 Å². The fourth-order valence-electron chi connectivity index (χ4n) is 2.92. The lowest BCUT2D eigenvalue weighted by Gasteiger charge is -2.01. The molecule has 0 saturated heterocycles. The number of hydrogen-bond acceptors (Lipinski definition) is 0. The van der Waals surface area contributed by atoms with Crippen molar-refractivity contribution in [1.29, 1.82) is 0 Å². The topological polar surface area (TPSA) is 15.8 Å². The lowest BCUT2D eigenvalue weighted by molar-refractivity contribution is 0.628. The molecule has 24 heavy (non-hydrogen) atoms. The van der Waals surface area contributed by atoms with Gasteiger partial charge in [-0.2, -0.15) is 0 Å². The van der Waals surface area contributed by atoms with Gasteiger partial charge in [-0.15, -0.1) is 0 Å². The first-order valence-corrected chi connectivity index (χ1v) is 7.91. The molecule has 0 saturated carbocycles. The highest BCUT2D eigenvalue weighted by Crippen LogP contribution is 2.32. The molecule has 3 aromatic carbocycles. The van der Waals surface area contributed by atoms with Crippen LogP contribution in [0.2, 0.25) is 0 Å². The number of rotatable bonds is 3. The Balaban J connectivity index is 1.87. The Bertz CT molecular complexity index is 995. The molecule has 1 aromatic heterocycles. The average molecular weight is 313 g/mol. The summed E-state index contributed by atoms with van der Waals surface area (Å²) in [5.41, 5.74) is 5.31. The van der Waals surface area contributed by atoms with Crippen LogP contribution in [0.5, 0.6) is 0 Å². The predicted octanol–water partition coefficient (Wildman–Crippen LogP) is 6.14. The SMILES string of the molecule is Fc1ccc(-c2[nH]c3ccccc3c2/C=C/c2ccccc2)cc1. The van der Waals surface area contributed by atoms with E-state index in [4.69, 9.17) is 0 Å². The normalized spacial score (nSPS) is 11.4. The summed E-state index contributed by atoms with van der Waals surface area (Å²) in [6.07, 6.45) is 4.22. The second-order valence-electron chi connectivity index (χ2n) is 5.71. The maximum absolute atomic E-state index is 13.3. The molecular formula is C22H16FN. The lowest BCUT2D eigenvalue weighted by atomic mass is 10.0. The molecule has 0 amide bonds. The maximum Gasteiger partial charge on any atom is 0.123 e. The van der Waals surface area contributed by atoms with Gasteiger partial charge in [0.15, 0.2) is 0 Å². The summed E-state index contributed by atoms with van der Waals surface area (Å²) in [5.74, 6) is -0.226. The van der Waals surface area contributed by atoms with Crippen LogP contribution in [0.1, 0.15) is 11.1 Å². The van der Waals surface area contributed by atoms with Crippen molar-refractivity contribution >= 4 is 23.1 Å². The lowest BCUT2D eigenvalue weighted by Crippen LogP contribution is -1.82. The van der Waals surface area contributed by atoms with E-state index in [0.717, 1.165) is 33.3 Å². The molecule has 0 radical (unpaired) electrons. The Labute approximate surface area is 140 Å². The highest BCUT2D eigenvalue weighted by molar-refractivity contribution is 5.98. The summed E-state index contributed by atoms with van der Waals surface area (Å²) in [6.45, 7) is 0. The summed E-state index contributed by atoms with van der Waals surface area (Å²) in [5, 5.41) is 1.16. The van der Waals surface area contributed by atoms with Gasteiger partial charge in [-0.25, -0.2) is 4.39 Å². The number of fused-ring (bicyclic) bond motifs is 1. The Hall–Kier alpha value is -3.13. The van der Waals surface area contributed by atoms with E-state index in [1.54, 1.807) is 12.1 Å². The van der Waals surface area contributed by atoms with E-state index in [1.807, 2.05) is 30.3 Å². The summed E-state index contributed by atoms with van der Waals surface area (Å²) in [4.78, 5) is 3.46. The monoisotopic (exact) mass is 313 g/mol. The molecule has 116 valence electrons. The number of nitrogens with one attached hydrogen (secondary N) is 1. The average Bonchev–Trinajstić information content (AvgIpc) is 3.00. The van der Waals surface area contributed by atoms with Gasteiger partial charge in [-0.05, 0) is 41.5 Å². The van der Waals surface area contributed by atoms with Gasteiger partial charge < -0.3 is 4.98 Å². The zero-order chi connectivity index (χ0) is 16.4. The number of halogens is 1. The Morgan fingerprint density at radius 3 is 2.21 bits per heavy atom. The Morgan fingerprint density at radius 2 is 1.42 bits per heavy atom. The number of H-pyrrole nitrogens is 1. The van der Waals surface area contributed by atoms with Crippen molar-refractivity contribution in [1.82, 2.24) is 4.98 Å². The zero-order valence-electron chi connectivity index (χ0n) is 13.0. The van der Waals surface area contributed by atoms with Crippen LogP contribution in [0, 0.1) is 5.82 Å². The fraction of sp³-hybridized carbons (Fsp3) is 0. The number of para-hydroxylation sites is 1. The minimum atomic E-state index is -0.226. The highest BCUT2D eigenvalue weighted by atomic mass is 19.1. The van der Waals surface area contributed by atoms with Gasteiger partial charge in [0.1, 0.15) is 5.82 Å². The van der Waals surface area contributed by atoms with Gasteiger partial charge in [-0.1, -0.05) is 60.7 Å². The fourth-order valence-corrected chi connectivity index (χ4v) is 2.92. The smallest absolute Gasteiger partial charge is 0.123 e. The number of hydrogen-bond donors (Lipinski definition) is 1. The summed E-state index contributed by atoms with van der Waals surface area (Å²) in [7, 11) is 0. The third-order valence-corrected chi connectivity index (χ3v) is 4.12. The molecule has 4 rings (SSSR count). The van der Waals surface area contributed by atoms with Crippen LogP contribution in [0.25, 0.3) is 34.3 Å². The highest BCUT2D eigenvalue weighted by Gasteiger charge is 2.10. The van der Waals surface area contributed by atoms with Crippen molar-refractivity contribution in [2.24, 2.45) is 0 Å². The van der Waals surface area contributed by atoms with Gasteiger partial charge in [0.2, 0.25) is 0 Å². The van der Waals surface area contributed by atoms with Crippen LogP contribution in [-0.2, 0) is 0 Å². The molecule has 0 unspecified atom stereocenters. The number of aromatic nitrogens is 1. The van der Waals surface area contributed by atoms with Gasteiger partial charge in [0.25, 0.3) is 0 Å². The van der Waals surface area contributed by atoms with E-state index in [2.05, 4.69) is 41.4 Å². The van der Waals surface area contributed by atoms with Crippen LogP contribution in [0.15, 0.2) is 78.9 Å². The third kappa shape index (κ3) is 2.74.